The van der Waals surface area contributed by atoms with Crippen molar-refractivity contribution in [2.75, 3.05) is 0 Å². The van der Waals surface area contributed by atoms with Gasteiger partial charge < -0.3 is 14.3 Å². The van der Waals surface area contributed by atoms with Crippen molar-refractivity contribution in [1.29, 1.82) is 0 Å². The van der Waals surface area contributed by atoms with Crippen LogP contribution >= 0.6 is 0 Å². The van der Waals surface area contributed by atoms with Crippen molar-refractivity contribution >= 4 is 33.3 Å². The van der Waals surface area contributed by atoms with Gasteiger partial charge >= 0.3 is 5.97 Å². The number of rotatable bonds is 3. The predicted molar refractivity (Wildman–Crippen MR) is 85.1 cm³/mol. The van der Waals surface area contributed by atoms with E-state index in [1.165, 1.54) is 6.92 Å². The molecule has 1 N–H and O–H groups in total. The summed E-state index contributed by atoms with van der Waals surface area (Å²) >= 11 is 0. The van der Waals surface area contributed by atoms with Crippen molar-refractivity contribution in [2.24, 2.45) is 5.16 Å². The molecule has 3 heterocycles. The summed E-state index contributed by atoms with van der Waals surface area (Å²) in [5.74, 6) is -1.06. The Morgan fingerprint density at radius 2 is 2.09 bits per heavy atom. The maximum absolute atomic E-state index is 10.9. The zero-order valence-electron chi connectivity index (χ0n) is 12.3. The first-order chi connectivity index (χ1) is 11.2. The lowest BCUT2D eigenvalue weighted by Crippen LogP contribution is -2.20. The van der Waals surface area contributed by atoms with Crippen LogP contribution in [0.15, 0.2) is 53.9 Å². The van der Waals surface area contributed by atoms with Crippen molar-refractivity contribution < 1.29 is 14.7 Å². The van der Waals surface area contributed by atoms with E-state index in [1.54, 1.807) is 6.20 Å². The molecule has 1 unspecified atom stereocenters. The quantitative estimate of drug-likeness (QED) is 0.590. The summed E-state index contributed by atoms with van der Waals surface area (Å²) in [6.07, 6.45) is 2.63. The number of benzene rings is 1. The number of aromatic nitrogens is 2. The average Bonchev–Trinajstić information content (AvgIpc) is 3.04. The van der Waals surface area contributed by atoms with E-state index in [0.717, 1.165) is 21.8 Å². The van der Waals surface area contributed by atoms with Crippen molar-refractivity contribution in [1.82, 2.24) is 9.38 Å². The molecule has 1 aromatic carbocycles. The van der Waals surface area contributed by atoms with Crippen LogP contribution in [-0.4, -0.2) is 26.6 Å². The molecule has 0 aliphatic heterocycles. The van der Waals surface area contributed by atoms with Gasteiger partial charge in [0.05, 0.1) is 11.0 Å². The van der Waals surface area contributed by atoms with Crippen molar-refractivity contribution in [3.05, 3.63) is 54.1 Å². The Morgan fingerprint density at radius 1 is 1.26 bits per heavy atom. The van der Waals surface area contributed by atoms with E-state index in [0.29, 0.717) is 10.9 Å². The summed E-state index contributed by atoms with van der Waals surface area (Å²) in [4.78, 5) is 20.5. The molecule has 0 fully saturated rings. The number of carboxylic acids is 1. The molecule has 0 amide bonds. The van der Waals surface area contributed by atoms with Crippen molar-refractivity contribution in [2.45, 2.75) is 13.0 Å². The van der Waals surface area contributed by atoms with Gasteiger partial charge in [-0.2, -0.15) is 0 Å². The van der Waals surface area contributed by atoms with Gasteiger partial charge in [-0.1, -0.05) is 17.3 Å². The summed E-state index contributed by atoms with van der Waals surface area (Å²) in [6.45, 7) is 1.44. The van der Waals surface area contributed by atoms with E-state index in [1.807, 2.05) is 47.0 Å². The minimum Gasteiger partial charge on any atom is -0.478 e. The first-order valence-corrected chi connectivity index (χ1v) is 7.19. The van der Waals surface area contributed by atoms with E-state index < -0.39 is 12.1 Å². The summed E-state index contributed by atoms with van der Waals surface area (Å²) in [6, 6.07) is 11.8. The largest absolute Gasteiger partial charge is 0.478 e. The highest BCUT2D eigenvalue weighted by Gasteiger charge is 2.14. The van der Waals surface area contributed by atoms with Gasteiger partial charge in [0.2, 0.25) is 6.10 Å². The third-order valence-corrected chi connectivity index (χ3v) is 3.89. The van der Waals surface area contributed by atoms with Gasteiger partial charge in [-0.15, -0.1) is 0 Å². The third kappa shape index (κ3) is 1.99. The number of fused-ring (bicyclic) bond motifs is 2. The highest BCUT2D eigenvalue weighted by molar-refractivity contribution is 6.08. The number of pyridine rings is 2. The molecule has 6 heteroatoms. The SMILES string of the molecule is CC(ON=c1c2nccc3cccc(c32)n2cccc12)C(=O)O. The number of carboxylic acid groups (broad SMARTS) is 1. The molecule has 23 heavy (non-hydrogen) atoms. The molecule has 0 bridgehead atoms. The minimum atomic E-state index is -1.06. The minimum absolute atomic E-state index is 0.535. The highest BCUT2D eigenvalue weighted by Crippen LogP contribution is 2.24. The molecule has 114 valence electrons. The van der Waals surface area contributed by atoms with Gasteiger partial charge in [-0.05, 0) is 36.6 Å². The molecule has 0 radical (unpaired) electrons. The van der Waals surface area contributed by atoms with Crippen LogP contribution < -0.4 is 5.36 Å². The molecule has 1 atom stereocenters. The van der Waals surface area contributed by atoms with Crippen LogP contribution in [-0.2, 0) is 9.63 Å². The van der Waals surface area contributed by atoms with Crippen LogP contribution in [0, 0.1) is 0 Å². The number of hydrogen-bond acceptors (Lipinski definition) is 4. The van der Waals surface area contributed by atoms with Gasteiger partial charge in [0.25, 0.3) is 0 Å². The number of nitrogens with zero attached hydrogens (tertiary/aromatic N) is 3. The Bertz CT molecular complexity index is 1100. The number of carbonyl (C=O) groups is 1. The number of aliphatic carboxylic acids is 1. The van der Waals surface area contributed by atoms with Crippen LogP contribution in [0.5, 0.6) is 0 Å². The molecule has 0 aliphatic carbocycles. The number of hydrogen-bond donors (Lipinski definition) is 1. The average molecular weight is 307 g/mol. The standard InChI is InChI=1S/C17H13N3O3/c1-10(17(21)22)23-19-15-13-6-3-9-20(13)12-5-2-4-11-7-8-18-16(15)14(11)12/h2-10H,1H3,(H,21,22). The van der Waals surface area contributed by atoms with Gasteiger partial charge in [0, 0.05) is 17.8 Å². The molecule has 0 saturated heterocycles. The van der Waals surface area contributed by atoms with E-state index in [-0.39, 0.29) is 0 Å². The lowest BCUT2D eigenvalue weighted by Gasteiger charge is -2.09. The predicted octanol–water partition coefficient (Wildman–Crippen LogP) is 2.38. The van der Waals surface area contributed by atoms with Gasteiger partial charge in [-0.3, -0.25) is 4.98 Å². The summed E-state index contributed by atoms with van der Waals surface area (Å²) in [5.41, 5.74) is 2.54. The summed E-state index contributed by atoms with van der Waals surface area (Å²) < 4.78 is 2.00. The van der Waals surface area contributed by atoms with Crippen LogP contribution in [0.4, 0.5) is 0 Å². The molecule has 4 aromatic rings. The second kappa shape index (κ2) is 4.95. The Balaban J connectivity index is 2.13. The Kier molecular flexibility index (Phi) is 2.90. The second-order valence-electron chi connectivity index (χ2n) is 5.32. The smallest absolute Gasteiger partial charge is 0.347 e. The lowest BCUT2D eigenvalue weighted by molar-refractivity contribution is -0.149. The molecule has 0 saturated carbocycles. The molecule has 0 aliphatic rings. The fraction of sp³-hybridized carbons (Fsp3) is 0.118. The fourth-order valence-corrected chi connectivity index (χ4v) is 2.76. The monoisotopic (exact) mass is 307 g/mol. The zero-order valence-corrected chi connectivity index (χ0v) is 12.3. The molecule has 6 nitrogen and oxygen atoms in total. The van der Waals surface area contributed by atoms with E-state index in [9.17, 15) is 4.79 Å². The van der Waals surface area contributed by atoms with Crippen molar-refractivity contribution in [3.8, 4) is 0 Å². The van der Waals surface area contributed by atoms with Gasteiger partial charge in [0.1, 0.15) is 5.52 Å². The van der Waals surface area contributed by atoms with Crippen molar-refractivity contribution in [3.63, 3.8) is 0 Å². The van der Waals surface area contributed by atoms with Gasteiger partial charge in [-0.25, -0.2) is 4.79 Å². The third-order valence-electron chi connectivity index (χ3n) is 3.89. The first-order valence-electron chi connectivity index (χ1n) is 7.19. The Hall–Kier alpha value is -3.15. The van der Waals surface area contributed by atoms with E-state index >= 15 is 0 Å². The first kappa shape index (κ1) is 13.5. The van der Waals surface area contributed by atoms with Crippen LogP contribution in [0.1, 0.15) is 6.92 Å². The maximum Gasteiger partial charge on any atom is 0.347 e. The van der Waals surface area contributed by atoms with Crippen LogP contribution in [0.25, 0.3) is 27.3 Å². The van der Waals surface area contributed by atoms with Crippen LogP contribution in [0.3, 0.4) is 0 Å². The topological polar surface area (TPSA) is 76.2 Å². The molecular formula is C17H13N3O3. The van der Waals surface area contributed by atoms with Gasteiger partial charge in [0.15, 0.2) is 5.36 Å². The molecular weight excluding hydrogens is 294 g/mol. The molecule has 0 spiro atoms. The van der Waals surface area contributed by atoms with Crippen LogP contribution in [0.2, 0.25) is 0 Å². The highest BCUT2D eigenvalue weighted by atomic mass is 16.6. The fourth-order valence-electron chi connectivity index (χ4n) is 2.76. The second-order valence-corrected chi connectivity index (χ2v) is 5.32. The Labute approximate surface area is 130 Å². The summed E-state index contributed by atoms with van der Waals surface area (Å²) in [7, 11) is 0. The normalized spacial score (nSPS) is 13.9. The molecule has 3 aromatic heterocycles. The van der Waals surface area contributed by atoms with E-state index in [4.69, 9.17) is 9.94 Å². The zero-order chi connectivity index (χ0) is 16.0. The maximum atomic E-state index is 10.9. The summed E-state index contributed by atoms with van der Waals surface area (Å²) in [5, 5.41) is 15.6. The van der Waals surface area contributed by atoms with E-state index in [2.05, 4.69) is 10.1 Å². The molecule has 4 rings (SSSR count). The Morgan fingerprint density at radius 3 is 2.91 bits per heavy atom. The lowest BCUT2D eigenvalue weighted by atomic mass is 10.1.